The van der Waals surface area contributed by atoms with Crippen LogP contribution in [-0.2, 0) is 14.2 Å². The molecular formula is C16H33NO4. The van der Waals surface area contributed by atoms with E-state index in [1.165, 1.54) is 7.05 Å². The third-order valence-corrected chi connectivity index (χ3v) is 2.75. The molecule has 0 aliphatic rings. The number of hydrogen-bond acceptors (Lipinski definition) is 4. The van der Waals surface area contributed by atoms with E-state index in [-0.39, 0.29) is 13.4 Å². The molecule has 0 spiro atoms. The summed E-state index contributed by atoms with van der Waals surface area (Å²) in [4.78, 5) is 11.2. The maximum atomic E-state index is 11.2. The SMILES string of the molecule is C=CCOCC(CC)(COCC=C)COC(=O)NC.CC.[HH]. The number of amides is 1. The fourth-order valence-electron chi connectivity index (χ4n) is 1.44. The molecule has 0 atom stereocenters. The monoisotopic (exact) mass is 303 g/mol. The highest BCUT2D eigenvalue weighted by Crippen LogP contribution is 2.24. The van der Waals surface area contributed by atoms with Gasteiger partial charge in [0.2, 0.25) is 0 Å². The molecule has 0 aromatic rings. The van der Waals surface area contributed by atoms with E-state index in [4.69, 9.17) is 14.2 Å². The van der Waals surface area contributed by atoms with Crippen molar-refractivity contribution >= 4 is 6.09 Å². The Bertz CT molecular complexity index is 271. The van der Waals surface area contributed by atoms with Crippen LogP contribution >= 0.6 is 0 Å². The molecule has 0 fully saturated rings. The Morgan fingerprint density at radius 3 is 1.95 bits per heavy atom. The molecule has 0 saturated carbocycles. The summed E-state index contributed by atoms with van der Waals surface area (Å²) in [6, 6.07) is 0. The van der Waals surface area contributed by atoms with Crippen LogP contribution < -0.4 is 5.32 Å². The lowest BCUT2D eigenvalue weighted by Crippen LogP contribution is -2.38. The van der Waals surface area contributed by atoms with Crippen molar-refractivity contribution in [2.45, 2.75) is 27.2 Å². The fourth-order valence-corrected chi connectivity index (χ4v) is 1.44. The second kappa shape index (κ2) is 15.1. The van der Waals surface area contributed by atoms with E-state index in [2.05, 4.69) is 18.5 Å². The molecule has 0 bridgehead atoms. The fraction of sp³-hybridized carbons (Fsp3) is 0.688. The second-order valence-corrected chi connectivity index (χ2v) is 4.29. The van der Waals surface area contributed by atoms with Crippen molar-refractivity contribution < 1.29 is 20.4 Å². The Hall–Kier alpha value is -1.33. The van der Waals surface area contributed by atoms with Crippen LogP contribution in [0.15, 0.2) is 25.3 Å². The molecule has 5 nitrogen and oxygen atoms in total. The number of rotatable bonds is 11. The lowest BCUT2D eigenvalue weighted by Gasteiger charge is -2.31. The van der Waals surface area contributed by atoms with Gasteiger partial charge in [-0.05, 0) is 6.42 Å². The van der Waals surface area contributed by atoms with Crippen LogP contribution in [0.4, 0.5) is 4.79 Å². The van der Waals surface area contributed by atoms with Crippen molar-refractivity contribution in [3.05, 3.63) is 25.3 Å². The van der Waals surface area contributed by atoms with Gasteiger partial charge in [-0.2, -0.15) is 0 Å². The Morgan fingerprint density at radius 1 is 1.14 bits per heavy atom. The lowest BCUT2D eigenvalue weighted by atomic mass is 9.88. The topological polar surface area (TPSA) is 56.8 Å². The Morgan fingerprint density at radius 2 is 1.62 bits per heavy atom. The third-order valence-electron chi connectivity index (χ3n) is 2.75. The van der Waals surface area contributed by atoms with E-state index < -0.39 is 6.09 Å². The van der Waals surface area contributed by atoms with Crippen molar-refractivity contribution in [1.82, 2.24) is 5.32 Å². The van der Waals surface area contributed by atoms with Crippen molar-refractivity contribution in [3.8, 4) is 0 Å². The predicted molar refractivity (Wildman–Crippen MR) is 88.6 cm³/mol. The highest BCUT2D eigenvalue weighted by atomic mass is 16.6. The molecule has 1 N–H and O–H groups in total. The van der Waals surface area contributed by atoms with Crippen molar-refractivity contribution in [2.75, 3.05) is 40.1 Å². The minimum Gasteiger partial charge on any atom is -0.449 e. The van der Waals surface area contributed by atoms with E-state index in [0.717, 1.165) is 6.42 Å². The molecule has 21 heavy (non-hydrogen) atoms. The first-order chi connectivity index (χ1) is 10.1. The summed E-state index contributed by atoms with van der Waals surface area (Å²) < 4.78 is 16.1. The third kappa shape index (κ3) is 11.0. The molecule has 0 saturated heterocycles. The van der Waals surface area contributed by atoms with Crippen LogP contribution in [0.3, 0.4) is 0 Å². The van der Waals surface area contributed by atoms with Gasteiger partial charge in [0.15, 0.2) is 0 Å². The average molecular weight is 303 g/mol. The summed E-state index contributed by atoms with van der Waals surface area (Å²) >= 11 is 0. The van der Waals surface area contributed by atoms with E-state index in [0.29, 0.717) is 26.4 Å². The van der Waals surface area contributed by atoms with Crippen molar-refractivity contribution in [2.24, 2.45) is 5.41 Å². The van der Waals surface area contributed by atoms with Crippen molar-refractivity contribution in [3.63, 3.8) is 0 Å². The quantitative estimate of drug-likeness (QED) is 0.469. The van der Waals surface area contributed by atoms with Gasteiger partial charge >= 0.3 is 6.09 Å². The molecule has 0 aromatic heterocycles. The molecule has 126 valence electrons. The highest BCUT2D eigenvalue weighted by molar-refractivity contribution is 5.66. The van der Waals surface area contributed by atoms with Gasteiger partial charge in [0.05, 0.1) is 31.8 Å². The molecule has 5 heteroatoms. The van der Waals surface area contributed by atoms with E-state index in [9.17, 15) is 4.79 Å². The molecule has 0 aromatic carbocycles. The maximum absolute atomic E-state index is 11.2. The lowest BCUT2D eigenvalue weighted by molar-refractivity contribution is -0.0458. The summed E-state index contributed by atoms with van der Waals surface area (Å²) in [5.41, 5.74) is -0.349. The number of hydrogen-bond donors (Lipinski definition) is 1. The predicted octanol–water partition coefficient (Wildman–Crippen LogP) is 3.42. The van der Waals surface area contributed by atoms with E-state index in [1.54, 1.807) is 12.2 Å². The molecule has 0 radical (unpaired) electrons. The number of alkyl carbamates (subject to hydrolysis) is 1. The molecule has 0 aliphatic carbocycles. The van der Waals surface area contributed by atoms with Gasteiger partial charge in [-0.15, -0.1) is 13.2 Å². The van der Waals surface area contributed by atoms with Crippen LogP contribution in [0, 0.1) is 5.41 Å². The minimum absolute atomic E-state index is 0. The molecule has 0 aliphatic heterocycles. The summed E-state index contributed by atoms with van der Waals surface area (Å²) in [6.45, 7) is 15.3. The summed E-state index contributed by atoms with van der Waals surface area (Å²) in [6.07, 6.45) is 3.69. The molecule has 0 heterocycles. The van der Waals surface area contributed by atoms with Crippen LogP contribution in [-0.4, -0.2) is 46.2 Å². The zero-order valence-corrected chi connectivity index (χ0v) is 13.9. The first-order valence-electron chi connectivity index (χ1n) is 7.36. The van der Waals surface area contributed by atoms with Gasteiger partial charge in [0.25, 0.3) is 0 Å². The molecule has 1 amide bonds. The summed E-state index contributed by atoms with van der Waals surface area (Å²) in [5, 5.41) is 2.42. The Labute approximate surface area is 130 Å². The Balaban J connectivity index is -0.00000115. The summed E-state index contributed by atoms with van der Waals surface area (Å²) in [5.74, 6) is 0. The van der Waals surface area contributed by atoms with Crippen molar-refractivity contribution in [1.29, 1.82) is 0 Å². The molecular weight excluding hydrogens is 270 g/mol. The molecule has 0 rings (SSSR count). The van der Waals surface area contributed by atoms with Crippen LogP contribution in [0.25, 0.3) is 0 Å². The van der Waals surface area contributed by atoms with Gasteiger partial charge in [0.1, 0.15) is 6.61 Å². The van der Waals surface area contributed by atoms with Crippen LogP contribution in [0.5, 0.6) is 0 Å². The average Bonchev–Trinajstić information content (AvgIpc) is 2.54. The standard InChI is InChI=1S/C14H25NO4.C2H6.H2/c1-5-8-17-10-14(7-3,11-18-9-6-2)12-19-13(16)15-4;1-2;/h5-6H,1-2,7-12H2,3-4H3,(H,15,16);1-2H3;1H. The number of ether oxygens (including phenoxy) is 3. The van der Waals surface area contributed by atoms with Gasteiger partial charge in [-0.1, -0.05) is 32.9 Å². The number of carbonyl (C=O) groups is 1. The zero-order chi connectivity index (χ0) is 16.6. The maximum Gasteiger partial charge on any atom is 0.406 e. The number of carbonyl (C=O) groups excluding carboxylic acids is 1. The van der Waals surface area contributed by atoms with Gasteiger partial charge in [0, 0.05) is 8.47 Å². The zero-order valence-electron chi connectivity index (χ0n) is 13.9. The Kier molecular flexibility index (Phi) is 15.8. The number of nitrogens with one attached hydrogen (secondary N) is 1. The highest BCUT2D eigenvalue weighted by Gasteiger charge is 2.31. The van der Waals surface area contributed by atoms with Crippen LogP contribution in [0.2, 0.25) is 0 Å². The van der Waals surface area contributed by atoms with E-state index in [1.807, 2.05) is 20.8 Å². The van der Waals surface area contributed by atoms with Gasteiger partial charge < -0.3 is 19.5 Å². The second-order valence-electron chi connectivity index (χ2n) is 4.29. The van der Waals surface area contributed by atoms with Crippen LogP contribution in [0.1, 0.15) is 28.6 Å². The smallest absolute Gasteiger partial charge is 0.406 e. The van der Waals surface area contributed by atoms with E-state index >= 15 is 0 Å². The molecule has 0 unspecified atom stereocenters. The first kappa shape index (κ1) is 22.0. The van der Waals surface area contributed by atoms with Gasteiger partial charge in [-0.25, -0.2) is 4.79 Å². The minimum atomic E-state index is -0.453. The first-order valence-corrected chi connectivity index (χ1v) is 7.36. The summed E-state index contributed by atoms with van der Waals surface area (Å²) in [7, 11) is 1.53. The van der Waals surface area contributed by atoms with Gasteiger partial charge in [-0.3, -0.25) is 0 Å². The largest absolute Gasteiger partial charge is 0.449 e. The normalized spacial score (nSPS) is 10.1.